The predicted molar refractivity (Wildman–Crippen MR) is 76.6 cm³/mol. The molecule has 3 heteroatoms. The van der Waals surface area contributed by atoms with Gasteiger partial charge in [-0.25, -0.2) is 0 Å². The quantitative estimate of drug-likeness (QED) is 0.762. The second kappa shape index (κ2) is 6.60. The summed E-state index contributed by atoms with van der Waals surface area (Å²) in [6.45, 7) is 11.1. The van der Waals surface area contributed by atoms with Crippen molar-refractivity contribution >= 4 is 5.97 Å². The zero-order valence-electron chi connectivity index (χ0n) is 12.6. The lowest BCUT2D eigenvalue weighted by atomic mass is 9.86. The van der Waals surface area contributed by atoms with E-state index < -0.39 is 0 Å². The standard InChI is InChI=1S/C16H24O3/c1-6-18-15(17)9-10-19-14-8-7-13(11-12(14)2)16(3,4)5/h7-8,11H,6,9-10H2,1-5H3. The number of carbonyl (C=O) groups excluding carboxylic acids is 1. The Labute approximate surface area is 115 Å². The van der Waals surface area contributed by atoms with E-state index in [1.54, 1.807) is 6.92 Å². The summed E-state index contributed by atoms with van der Waals surface area (Å²) in [6.07, 6.45) is 0.286. The molecule has 0 saturated heterocycles. The van der Waals surface area contributed by atoms with Crippen LogP contribution < -0.4 is 4.74 Å². The van der Waals surface area contributed by atoms with Crippen molar-refractivity contribution in [2.24, 2.45) is 0 Å². The molecule has 0 N–H and O–H groups in total. The Balaban J connectivity index is 2.58. The minimum absolute atomic E-state index is 0.133. The lowest BCUT2D eigenvalue weighted by Gasteiger charge is -2.20. The van der Waals surface area contributed by atoms with Crippen LogP contribution in [0.1, 0.15) is 45.2 Å². The van der Waals surface area contributed by atoms with Gasteiger partial charge in [-0.05, 0) is 36.5 Å². The molecule has 0 aromatic heterocycles. The van der Waals surface area contributed by atoms with Crippen LogP contribution in [0.25, 0.3) is 0 Å². The Morgan fingerprint density at radius 3 is 2.47 bits per heavy atom. The molecule has 1 aromatic carbocycles. The third-order valence-corrected chi connectivity index (χ3v) is 2.91. The highest BCUT2D eigenvalue weighted by atomic mass is 16.5. The molecule has 0 unspecified atom stereocenters. The molecule has 0 aliphatic carbocycles. The van der Waals surface area contributed by atoms with Crippen LogP contribution in [0.4, 0.5) is 0 Å². The van der Waals surface area contributed by atoms with Gasteiger partial charge in [0, 0.05) is 0 Å². The predicted octanol–water partition coefficient (Wildman–Crippen LogP) is 3.62. The van der Waals surface area contributed by atoms with E-state index in [2.05, 4.69) is 32.9 Å². The van der Waals surface area contributed by atoms with E-state index in [1.807, 2.05) is 13.0 Å². The molecule has 0 radical (unpaired) electrons. The molecule has 0 spiro atoms. The maximum absolute atomic E-state index is 11.2. The molecule has 0 saturated carbocycles. The first kappa shape index (κ1) is 15.5. The largest absolute Gasteiger partial charge is 0.493 e. The highest BCUT2D eigenvalue weighted by Crippen LogP contribution is 2.27. The Bertz CT molecular complexity index is 430. The van der Waals surface area contributed by atoms with Crippen molar-refractivity contribution in [3.8, 4) is 5.75 Å². The summed E-state index contributed by atoms with van der Waals surface area (Å²) in [6, 6.07) is 6.19. The first-order valence-corrected chi connectivity index (χ1v) is 6.74. The fraction of sp³-hybridized carbons (Fsp3) is 0.562. The Morgan fingerprint density at radius 2 is 1.95 bits per heavy atom. The molecule has 0 fully saturated rings. The normalized spacial score (nSPS) is 11.2. The Kier molecular flexibility index (Phi) is 5.40. The fourth-order valence-electron chi connectivity index (χ4n) is 1.76. The second-order valence-corrected chi connectivity index (χ2v) is 5.63. The monoisotopic (exact) mass is 264 g/mol. The molecule has 0 amide bonds. The van der Waals surface area contributed by atoms with Crippen LogP contribution in [0.3, 0.4) is 0 Å². The van der Waals surface area contributed by atoms with Crippen molar-refractivity contribution in [3.63, 3.8) is 0 Å². The summed E-state index contributed by atoms with van der Waals surface area (Å²) in [5.41, 5.74) is 2.51. The van der Waals surface area contributed by atoms with Crippen LogP contribution in [0.15, 0.2) is 18.2 Å². The van der Waals surface area contributed by atoms with E-state index in [0.717, 1.165) is 11.3 Å². The van der Waals surface area contributed by atoms with Crippen LogP contribution in [0, 0.1) is 6.92 Å². The highest BCUT2D eigenvalue weighted by Gasteiger charge is 2.14. The lowest BCUT2D eigenvalue weighted by Crippen LogP contribution is -2.12. The smallest absolute Gasteiger partial charge is 0.309 e. The summed E-state index contributed by atoms with van der Waals surface area (Å²) >= 11 is 0. The van der Waals surface area contributed by atoms with Gasteiger partial charge in [0.05, 0.1) is 19.6 Å². The van der Waals surface area contributed by atoms with Gasteiger partial charge >= 0.3 is 5.97 Å². The third-order valence-electron chi connectivity index (χ3n) is 2.91. The number of benzene rings is 1. The maximum Gasteiger partial charge on any atom is 0.309 e. The number of rotatable bonds is 5. The van der Waals surface area contributed by atoms with Gasteiger partial charge in [-0.1, -0.05) is 32.9 Å². The van der Waals surface area contributed by atoms with Crippen LogP contribution >= 0.6 is 0 Å². The summed E-state index contributed by atoms with van der Waals surface area (Å²) in [5, 5.41) is 0. The molecule has 1 aromatic rings. The fourth-order valence-corrected chi connectivity index (χ4v) is 1.76. The summed E-state index contributed by atoms with van der Waals surface area (Å²) < 4.78 is 10.5. The minimum atomic E-state index is -0.216. The molecule has 106 valence electrons. The van der Waals surface area contributed by atoms with E-state index in [0.29, 0.717) is 13.2 Å². The van der Waals surface area contributed by atoms with Gasteiger partial charge in [-0.2, -0.15) is 0 Å². The zero-order valence-corrected chi connectivity index (χ0v) is 12.6. The van der Waals surface area contributed by atoms with Gasteiger partial charge in [0.25, 0.3) is 0 Å². The average Bonchev–Trinajstić information content (AvgIpc) is 2.30. The molecule has 3 nitrogen and oxygen atoms in total. The molecule has 0 bridgehead atoms. The van der Waals surface area contributed by atoms with Gasteiger partial charge in [-0.15, -0.1) is 0 Å². The molecular weight excluding hydrogens is 240 g/mol. The highest BCUT2D eigenvalue weighted by molar-refractivity contribution is 5.69. The van der Waals surface area contributed by atoms with E-state index in [1.165, 1.54) is 5.56 Å². The molecule has 1 rings (SSSR count). The summed E-state index contributed by atoms with van der Waals surface area (Å²) in [4.78, 5) is 11.2. The number of ether oxygens (including phenoxy) is 2. The van der Waals surface area contributed by atoms with Crippen LogP contribution in [-0.2, 0) is 14.9 Å². The van der Waals surface area contributed by atoms with Crippen molar-refractivity contribution < 1.29 is 14.3 Å². The van der Waals surface area contributed by atoms with Crippen LogP contribution in [0.2, 0.25) is 0 Å². The minimum Gasteiger partial charge on any atom is -0.493 e. The number of hydrogen-bond acceptors (Lipinski definition) is 3. The lowest BCUT2D eigenvalue weighted by molar-refractivity contribution is -0.143. The zero-order chi connectivity index (χ0) is 14.5. The SMILES string of the molecule is CCOC(=O)CCOc1ccc(C(C)(C)C)cc1C. The average molecular weight is 264 g/mol. The molecule has 0 heterocycles. The van der Waals surface area contributed by atoms with Gasteiger partial charge < -0.3 is 9.47 Å². The van der Waals surface area contributed by atoms with E-state index in [-0.39, 0.29) is 17.8 Å². The van der Waals surface area contributed by atoms with E-state index in [9.17, 15) is 4.79 Å². The van der Waals surface area contributed by atoms with Crippen molar-refractivity contribution in [1.82, 2.24) is 0 Å². The first-order valence-electron chi connectivity index (χ1n) is 6.74. The van der Waals surface area contributed by atoms with Crippen molar-refractivity contribution in [2.45, 2.75) is 46.5 Å². The van der Waals surface area contributed by atoms with E-state index >= 15 is 0 Å². The Morgan fingerprint density at radius 1 is 1.26 bits per heavy atom. The Hall–Kier alpha value is -1.51. The van der Waals surface area contributed by atoms with Crippen molar-refractivity contribution in [1.29, 1.82) is 0 Å². The van der Waals surface area contributed by atoms with Gasteiger partial charge in [0.2, 0.25) is 0 Å². The second-order valence-electron chi connectivity index (χ2n) is 5.63. The number of hydrogen-bond donors (Lipinski definition) is 0. The molecule has 0 aliphatic heterocycles. The van der Waals surface area contributed by atoms with Gasteiger partial charge in [0.1, 0.15) is 5.75 Å². The molecule has 0 atom stereocenters. The topological polar surface area (TPSA) is 35.5 Å². The first-order chi connectivity index (χ1) is 8.84. The van der Waals surface area contributed by atoms with Crippen molar-refractivity contribution in [3.05, 3.63) is 29.3 Å². The third kappa shape index (κ3) is 4.93. The molecule has 0 aliphatic rings. The summed E-state index contributed by atoms with van der Waals surface area (Å²) in [5.74, 6) is 0.615. The maximum atomic E-state index is 11.2. The van der Waals surface area contributed by atoms with Gasteiger partial charge in [0.15, 0.2) is 0 Å². The van der Waals surface area contributed by atoms with Crippen LogP contribution in [0.5, 0.6) is 5.75 Å². The number of esters is 1. The van der Waals surface area contributed by atoms with E-state index in [4.69, 9.17) is 9.47 Å². The van der Waals surface area contributed by atoms with Crippen molar-refractivity contribution in [2.75, 3.05) is 13.2 Å². The van der Waals surface area contributed by atoms with Gasteiger partial charge in [-0.3, -0.25) is 4.79 Å². The number of carbonyl (C=O) groups is 1. The number of aryl methyl sites for hydroxylation is 1. The molecule has 19 heavy (non-hydrogen) atoms. The summed E-state index contributed by atoms with van der Waals surface area (Å²) in [7, 11) is 0. The molecular formula is C16H24O3. The van der Waals surface area contributed by atoms with Crippen LogP contribution in [-0.4, -0.2) is 19.2 Å².